The molecule has 0 aliphatic heterocycles. The van der Waals surface area contributed by atoms with Gasteiger partial charge in [0.2, 0.25) is 0 Å². The second-order valence-electron chi connectivity index (χ2n) is 7.63. The fourth-order valence-electron chi connectivity index (χ4n) is 3.50. The van der Waals surface area contributed by atoms with Gasteiger partial charge in [-0.1, -0.05) is 59.8 Å². The van der Waals surface area contributed by atoms with Crippen LogP contribution in [0.15, 0.2) is 78.9 Å². The number of fused-ring (bicyclic) bond motifs is 1. The lowest BCUT2D eigenvalue weighted by Crippen LogP contribution is -2.35. The molecule has 30 heavy (non-hydrogen) atoms. The zero-order valence-electron chi connectivity index (χ0n) is 17.2. The van der Waals surface area contributed by atoms with Crippen LogP contribution in [0.2, 0.25) is 0 Å². The van der Waals surface area contributed by atoms with Crippen LogP contribution in [0.3, 0.4) is 0 Å². The van der Waals surface area contributed by atoms with Gasteiger partial charge in [0.05, 0.1) is 18.1 Å². The van der Waals surface area contributed by atoms with Gasteiger partial charge in [-0.3, -0.25) is 4.79 Å². The van der Waals surface area contributed by atoms with Gasteiger partial charge in [-0.25, -0.2) is 4.68 Å². The summed E-state index contributed by atoms with van der Waals surface area (Å²) < 4.78 is 1.87. The molecule has 0 radical (unpaired) electrons. The minimum atomic E-state index is -0.0801. The Labute approximate surface area is 176 Å². The molecule has 0 unspecified atom stereocenters. The Balaban J connectivity index is 1.47. The lowest BCUT2D eigenvalue weighted by molar-refractivity contribution is 0.0930. The van der Waals surface area contributed by atoms with Gasteiger partial charge < -0.3 is 10.2 Å². The normalized spacial score (nSPS) is 12.2. The van der Waals surface area contributed by atoms with Crippen LogP contribution in [0.4, 0.5) is 0 Å². The molecule has 1 amide bonds. The van der Waals surface area contributed by atoms with Crippen LogP contribution in [0.5, 0.6) is 0 Å². The van der Waals surface area contributed by atoms with Crippen LogP contribution < -0.4 is 5.32 Å². The van der Waals surface area contributed by atoms with E-state index in [-0.39, 0.29) is 11.9 Å². The van der Waals surface area contributed by atoms with Crippen LogP contribution in [-0.2, 0) is 6.54 Å². The minimum absolute atomic E-state index is 0.0742. The summed E-state index contributed by atoms with van der Waals surface area (Å²) in [6.45, 7) is 1.34. The van der Waals surface area contributed by atoms with E-state index in [9.17, 15) is 4.79 Å². The van der Waals surface area contributed by atoms with E-state index in [0.29, 0.717) is 12.1 Å². The summed E-state index contributed by atoms with van der Waals surface area (Å²) in [6.07, 6.45) is 0. The first kappa shape index (κ1) is 19.8. The van der Waals surface area contributed by atoms with Gasteiger partial charge in [-0.15, -0.1) is 5.10 Å². The van der Waals surface area contributed by atoms with E-state index in [4.69, 9.17) is 0 Å². The lowest BCUT2D eigenvalue weighted by Gasteiger charge is -2.23. The predicted octanol–water partition coefficient (Wildman–Crippen LogP) is 3.51. The molecule has 4 aromatic rings. The Morgan fingerprint density at radius 1 is 0.967 bits per heavy atom. The van der Waals surface area contributed by atoms with Crippen LogP contribution in [-0.4, -0.2) is 46.4 Å². The first-order chi connectivity index (χ1) is 14.6. The Bertz CT molecular complexity index is 1120. The number of amides is 1. The third-order valence-electron chi connectivity index (χ3n) is 5.02. The molecule has 6 nitrogen and oxygen atoms in total. The topological polar surface area (TPSA) is 63.1 Å². The maximum absolute atomic E-state index is 12.9. The molecule has 1 N–H and O–H groups in total. The van der Waals surface area contributed by atoms with Crippen molar-refractivity contribution in [3.05, 3.63) is 95.6 Å². The van der Waals surface area contributed by atoms with Crippen molar-refractivity contribution in [2.24, 2.45) is 0 Å². The fourth-order valence-corrected chi connectivity index (χ4v) is 3.50. The van der Waals surface area contributed by atoms with E-state index in [2.05, 4.69) is 20.5 Å². The number of benzene rings is 3. The molecular weight excluding hydrogens is 374 g/mol. The van der Waals surface area contributed by atoms with Crippen LogP contribution in [0.25, 0.3) is 11.0 Å². The quantitative estimate of drug-likeness (QED) is 0.517. The Hall–Kier alpha value is -3.51. The molecule has 3 aromatic carbocycles. The SMILES string of the molecule is CN(C)C[C@H](NC(=O)c1ccc(Cn2nnc3ccccc32)cc1)c1ccccc1. The van der Waals surface area contributed by atoms with E-state index < -0.39 is 0 Å². The molecule has 0 aliphatic rings. The van der Waals surface area contributed by atoms with Crippen molar-refractivity contribution in [3.63, 3.8) is 0 Å². The van der Waals surface area contributed by atoms with Gasteiger partial charge in [-0.05, 0) is 49.5 Å². The van der Waals surface area contributed by atoms with Gasteiger partial charge in [0.15, 0.2) is 0 Å². The molecule has 1 aromatic heterocycles. The van der Waals surface area contributed by atoms with Crippen molar-refractivity contribution in [1.29, 1.82) is 0 Å². The van der Waals surface area contributed by atoms with E-state index >= 15 is 0 Å². The van der Waals surface area contributed by atoms with E-state index in [1.165, 1.54) is 0 Å². The molecule has 0 bridgehead atoms. The highest BCUT2D eigenvalue weighted by molar-refractivity contribution is 5.94. The van der Waals surface area contributed by atoms with Gasteiger partial charge >= 0.3 is 0 Å². The molecule has 0 fully saturated rings. The zero-order chi connectivity index (χ0) is 20.9. The monoisotopic (exact) mass is 399 g/mol. The molecule has 0 saturated heterocycles. The zero-order valence-corrected chi connectivity index (χ0v) is 17.2. The Morgan fingerprint density at radius 3 is 2.40 bits per heavy atom. The van der Waals surface area contributed by atoms with Crippen molar-refractivity contribution >= 4 is 16.9 Å². The van der Waals surface area contributed by atoms with Crippen LogP contribution in [0, 0.1) is 0 Å². The van der Waals surface area contributed by atoms with Gasteiger partial charge in [0.25, 0.3) is 5.91 Å². The third kappa shape index (κ3) is 4.55. The maximum atomic E-state index is 12.9. The molecule has 0 saturated carbocycles. The summed E-state index contributed by atoms with van der Waals surface area (Å²) in [5.74, 6) is -0.0801. The van der Waals surface area contributed by atoms with Gasteiger partial charge in [0, 0.05) is 12.1 Å². The lowest BCUT2D eigenvalue weighted by atomic mass is 10.1. The summed E-state index contributed by atoms with van der Waals surface area (Å²) in [4.78, 5) is 14.9. The highest BCUT2D eigenvalue weighted by Crippen LogP contribution is 2.16. The molecule has 152 valence electrons. The number of aromatic nitrogens is 3. The summed E-state index contributed by atoms with van der Waals surface area (Å²) in [6, 6.07) is 25.5. The Kier molecular flexibility index (Phi) is 5.86. The van der Waals surface area contributed by atoms with Gasteiger partial charge in [-0.2, -0.15) is 0 Å². The number of nitrogens with one attached hydrogen (secondary N) is 1. The van der Waals surface area contributed by atoms with E-state index in [1.54, 1.807) is 0 Å². The smallest absolute Gasteiger partial charge is 0.251 e. The third-order valence-corrected chi connectivity index (χ3v) is 5.02. The number of carbonyl (C=O) groups is 1. The van der Waals surface area contributed by atoms with Gasteiger partial charge in [0.1, 0.15) is 5.52 Å². The molecular formula is C24H25N5O. The average Bonchev–Trinajstić information content (AvgIpc) is 3.17. The second-order valence-corrected chi connectivity index (χ2v) is 7.63. The Morgan fingerprint density at radius 2 is 1.67 bits per heavy atom. The minimum Gasteiger partial charge on any atom is -0.344 e. The van der Waals surface area contributed by atoms with Crippen molar-refractivity contribution in [3.8, 4) is 0 Å². The van der Waals surface area contributed by atoms with Crippen molar-refractivity contribution in [2.75, 3.05) is 20.6 Å². The molecule has 1 heterocycles. The first-order valence-corrected chi connectivity index (χ1v) is 9.98. The predicted molar refractivity (Wildman–Crippen MR) is 118 cm³/mol. The summed E-state index contributed by atoms with van der Waals surface area (Å²) in [7, 11) is 4.01. The van der Waals surface area contributed by atoms with Crippen molar-refractivity contribution < 1.29 is 4.79 Å². The van der Waals surface area contributed by atoms with Crippen LogP contribution >= 0.6 is 0 Å². The number of hydrogen-bond acceptors (Lipinski definition) is 4. The molecule has 0 spiro atoms. The number of rotatable bonds is 7. The van der Waals surface area contributed by atoms with E-state index in [1.807, 2.05) is 97.6 Å². The molecule has 0 aliphatic carbocycles. The summed E-state index contributed by atoms with van der Waals surface area (Å²) in [5, 5.41) is 11.6. The van der Waals surface area contributed by atoms with Crippen molar-refractivity contribution in [2.45, 2.75) is 12.6 Å². The molecule has 1 atom stereocenters. The highest BCUT2D eigenvalue weighted by atomic mass is 16.1. The number of para-hydroxylation sites is 1. The summed E-state index contributed by atoms with van der Waals surface area (Å²) >= 11 is 0. The largest absolute Gasteiger partial charge is 0.344 e. The van der Waals surface area contributed by atoms with E-state index in [0.717, 1.165) is 28.7 Å². The summed E-state index contributed by atoms with van der Waals surface area (Å²) in [5.41, 5.74) is 4.67. The molecule has 6 heteroatoms. The maximum Gasteiger partial charge on any atom is 0.251 e. The van der Waals surface area contributed by atoms with Crippen LogP contribution in [0.1, 0.15) is 27.5 Å². The number of likely N-dealkylation sites (N-methyl/N-ethyl adjacent to an activating group) is 1. The standard InChI is InChI=1S/C24H25N5O/c1-28(2)17-22(19-8-4-3-5-9-19)25-24(30)20-14-12-18(13-15-20)16-29-23-11-7-6-10-21(23)26-27-29/h3-15,22H,16-17H2,1-2H3,(H,25,30)/t22-/m0/s1. The molecule has 4 rings (SSSR count). The second kappa shape index (κ2) is 8.88. The number of hydrogen-bond donors (Lipinski definition) is 1. The average molecular weight is 399 g/mol. The highest BCUT2D eigenvalue weighted by Gasteiger charge is 2.16. The number of nitrogens with zero attached hydrogens (tertiary/aromatic N) is 4. The fraction of sp³-hybridized carbons (Fsp3) is 0.208. The first-order valence-electron chi connectivity index (χ1n) is 9.98. The van der Waals surface area contributed by atoms with Crippen molar-refractivity contribution in [1.82, 2.24) is 25.2 Å². The number of carbonyl (C=O) groups excluding carboxylic acids is 1.